The van der Waals surface area contributed by atoms with Gasteiger partial charge in [-0.25, -0.2) is 0 Å². The smallest absolute Gasteiger partial charge is 0.263 e. The molecule has 0 atom stereocenters. The molecule has 0 radical (unpaired) electrons. The molecule has 1 aromatic heterocycles. The van der Waals surface area contributed by atoms with Gasteiger partial charge < -0.3 is 10.4 Å². The lowest BCUT2D eigenvalue weighted by atomic mass is 10.0. The Kier molecular flexibility index (Phi) is 3.88. The van der Waals surface area contributed by atoms with Crippen LogP contribution in [0, 0.1) is 0 Å². The van der Waals surface area contributed by atoms with Crippen LogP contribution in [0.1, 0.15) is 4.88 Å². The van der Waals surface area contributed by atoms with E-state index in [2.05, 4.69) is 22.8 Å². The maximum absolute atomic E-state index is 11.7. The minimum Gasteiger partial charge on any atom is -0.508 e. The average Bonchev–Trinajstić information content (AvgIpc) is 3.14. The van der Waals surface area contributed by atoms with Crippen LogP contribution in [0.5, 0.6) is 5.75 Å². The predicted molar refractivity (Wildman–Crippen MR) is 105 cm³/mol. The summed E-state index contributed by atoms with van der Waals surface area (Å²) >= 11 is 7.88. The van der Waals surface area contributed by atoms with E-state index in [0.717, 1.165) is 26.8 Å². The van der Waals surface area contributed by atoms with Crippen molar-refractivity contribution in [3.05, 3.63) is 57.6 Å². The third-order valence-corrected chi connectivity index (χ3v) is 5.73. The van der Waals surface area contributed by atoms with E-state index in [-0.39, 0.29) is 11.7 Å². The topological polar surface area (TPSA) is 49.3 Å². The SMILES string of the molecule is O=C1NC(=S)S/C1=C\c1cc(-c2ccc3cc(O)ccc3c2)cs1. The number of thioether (sulfide) groups is 1. The zero-order valence-electron chi connectivity index (χ0n) is 12.3. The molecule has 0 bridgehead atoms. The fourth-order valence-corrected chi connectivity index (χ4v) is 4.50. The Labute approximate surface area is 152 Å². The van der Waals surface area contributed by atoms with Gasteiger partial charge in [0.1, 0.15) is 10.1 Å². The summed E-state index contributed by atoms with van der Waals surface area (Å²) in [6, 6.07) is 13.5. The molecule has 24 heavy (non-hydrogen) atoms. The number of carbonyl (C=O) groups excluding carboxylic acids is 1. The van der Waals surface area contributed by atoms with E-state index in [1.54, 1.807) is 23.5 Å². The molecule has 2 heterocycles. The van der Waals surface area contributed by atoms with Crippen LogP contribution in [0.3, 0.4) is 0 Å². The van der Waals surface area contributed by atoms with Crippen molar-refractivity contribution in [2.75, 3.05) is 0 Å². The number of aromatic hydroxyl groups is 1. The fourth-order valence-electron chi connectivity index (χ4n) is 2.54. The minimum atomic E-state index is -0.134. The van der Waals surface area contributed by atoms with Crippen molar-refractivity contribution >= 4 is 62.4 Å². The first-order valence-corrected chi connectivity index (χ1v) is 9.25. The number of thiophene rings is 1. The molecular weight excluding hydrogens is 358 g/mol. The Morgan fingerprint density at radius 3 is 2.62 bits per heavy atom. The summed E-state index contributed by atoms with van der Waals surface area (Å²) in [7, 11) is 0. The van der Waals surface area contributed by atoms with Gasteiger partial charge in [-0.15, -0.1) is 11.3 Å². The molecule has 3 nitrogen and oxygen atoms in total. The second-order valence-electron chi connectivity index (χ2n) is 5.34. The molecule has 1 aliphatic rings. The van der Waals surface area contributed by atoms with E-state index in [1.165, 1.54) is 11.8 Å². The monoisotopic (exact) mass is 369 g/mol. The summed E-state index contributed by atoms with van der Waals surface area (Å²) in [4.78, 5) is 13.4. The van der Waals surface area contributed by atoms with Gasteiger partial charge in [-0.05, 0) is 57.6 Å². The number of benzene rings is 2. The highest BCUT2D eigenvalue weighted by molar-refractivity contribution is 8.26. The largest absolute Gasteiger partial charge is 0.508 e. The second-order valence-corrected chi connectivity index (χ2v) is 8.00. The van der Waals surface area contributed by atoms with Gasteiger partial charge in [-0.2, -0.15) is 0 Å². The van der Waals surface area contributed by atoms with Crippen molar-refractivity contribution in [1.29, 1.82) is 0 Å². The Morgan fingerprint density at radius 2 is 1.83 bits per heavy atom. The lowest BCUT2D eigenvalue weighted by Crippen LogP contribution is -2.17. The molecule has 3 aromatic rings. The number of carbonyl (C=O) groups is 1. The van der Waals surface area contributed by atoms with Crippen LogP contribution in [-0.4, -0.2) is 15.3 Å². The van der Waals surface area contributed by atoms with Crippen molar-refractivity contribution in [2.45, 2.75) is 0 Å². The first kappa shape index (κ1) is 15.4. The molecule has 1 saturated heterocycles. The van der Waals surface area contributed by atoms with Crippen LogP contribution in [-0.2, 0) is 4.79 Å². The van der Waals surface area contributed by atoms with Crippen LogP contribution >= 0.6 is 35.3 Å². The first-order chi connectivity index (χ1) is 11.6. The lowest BCUT2D eigenvalue weighted by Gasteiger charge is -2.02. The van der Waals surface area contributed by atoms with Crippen molar-refractivity contribution in [2.24, 2.45) is 0 Å². The van der Waals surface area contributed by atoms with E-state index in [0.29, 0.717) is 9.23 Å². The molecule has 2 aromatic carbocycles. The minimum absolute atomic E-state index is 0.134. The van der Waals surface area contributed by atoms with Gasteiger partial charge in [0.05, 0.1) is 4.91 Å². The Morgan fingerprint density at radius 1 is 1.04 bits per heavy atom. The third kappa shape index (κ3) is 2.96. The molecule has 0 aliphatic carbocycles. The third-order valence-electron chi connectivity index (χ3n) is 3.69. The van der Waals surface area contributed by atoms with E-state index in [9.17, 15) is 9.90 Å². The van der Waals surface area contributed by atoms with Gasteiger partial charge in [0.2, 0.25) is 0 Å². The standard InChI is InChI=1S/C18H11NO2S3/c20-14-4-3-10-5-11(1-2-12(10)6-14)13-7-15(23-9-13)8-16-17(21)19-18(22)24-16/h1-9,20H,(H,19,21,22)/b16-8-. The fraction of sp³-hybridized carbons (Fsp3) is 0. The number of phenols is 1. The van der Waals surface area contributed by atoms with Gasteiger partial charge in [0.25, 0.3) is 5.91 Å². The zero-order valence-corrected chi connectivity index (χ0v) is 14.7. The van der Waals surface area contributed by atoms with Crippen molar-refractivity contribution in [3.63, 3.8) is 0 Å². The predicted octanol–water partition coefficient (Wildman–Crippen LogP) is 4.76. The molecule has 0 saturated carbocycles. The maximum atomic E-state index is 11.7. The summed E-state index contributed by atoms with van der Waals surface area (Å²) in [5, 5.41) is 16.3. The van der Waals surface area contributed by atoms with Crippen molar-refractivity contribution in [1.82, 2.24) is 5.32 Å². The van der Waals surface area contributed by atoms with E-state index in [1.807, 2.05) is 24.3 Å². The Hall–Kier alpha value is -2.15. The number of rotatable bonds is 2. The molecule has 0 spiro atoms. The molecule has 118 valence electrons. The normalized spacial score (nSPS) is 16.1. The summed E-state index contributed by atoms with van der Waals surface area (Å²) in [5.74, 6) is 0.135. The van der Waals surface area contributed by atoms with Crippen LogP contribution in [0.2, 0.25) is 0 Å². The van der Waals surface area contributed by atoms with Crippen LogP contribution < -0.4 is 5.32 Å². The van der Waals surface area contributed by atoms with Gasteiger partial charge in [0.15, 0.2) is 0 Å². The number of phenolic OH excluding ortho intramolecular Hbond substituents is 1. The van der Waals surface area contributed by atoms with Crippen LogP contribution in [0.15, 0.2) is 52.7 Å². The Balaban J connectivity index is 1.67. The number of fused-ring (bicyclic) bond motifs is 1. The highest BCUT2D eigenvalue weighted by atomic mass is 32.2. The van der Waals surface area contributed by atoms with Crippen LogP contribution in [0.4, 0.5) is 0 Å². The summed E-state index contributed by atoms with van der Waals surface area (Å²) in [6.45, 7) is 0. The second kappa shape index (κ2) is 6.05. The maximum Gasteiger partial charge on any atom is 0.263 e. The molecule has 1 aliphatic heterocycles. The van der Waals surface area contributed by atoms with Crippen LogP contribution in [0.25, 0.3) is 28.0 Å². The number of amides is 1. The van der Waals surface area contributed by atoms with Gasteiger partial charge in [0, 0.05) is 4.88 Å². The molecule has 2 N–H and O–H groups in total. The van der Waals surface area contributed by atoms with Gasteiger partial charge in [-0.3, -0.25) is 4.79 Å². The quantitative estimate of drug-likeness (QED) is 0.505. The number of nitrogens with one attached hydrogen (secondary N) is 1. The molecule has 1 amide bonds. The van der Waals surface area contributed by atoms with Crippen molar-refractivity contribution in [3.8, 4) is 16.9 Å². The number of thiocarbonyl (C=S) groups is 1. The molecular formula is C18H11NO2S3. The molecule has 6 heteroatoms. The molecule has 4 rings (SSSR count). The lowest BCUT2D eigenvalue weighted by molar-refractivity contribution is -0.115. The summed E-state index contributed by atoms with van der Waals surface area (Å²) in [5.41, 5.74) is 2.21. The molecule has 0 unspecified atom stereocenters. The van der Waals surface area contributed by atoms with Gasteiger partial charge in [-0.1, -0.05) is 42.2 Å². The van der Waals surface area contributed by atoms with Gasteiger partial charge >= 0.3 is 0 Å². The summed E-state index contributed by atoms with van der Waals surface area (Å²) < 4.78 is 0.501. The Bertz CT molecular complexity index is 1020. The highest BCUT2D eigenvalue weighted by Gasteiger charge is 2.22. The zero-order chi connectivity index (χ0) is 16.7. The number of hydrogen-bond donors (Lipinski definition) is 2. The number of hydrogen-bond acceptors (Lipinski definition) is 5. The highest BCUT2D eigenvalue weighted by Crippen LogP contribution is 2.32. The van der Waals surface area contributed by atoms with E-state index >= 15 is 0 Å². The molecule has 1 fully saturated rings. The van der Waals surface area contributed by atoms with E-state index in [4.69, 9.17) is 12.2 Å². The first-order valence-electron chi connectivity index (χ1n) is 7.15. The van der Waals surface area contributed by atoms with Crippen molar-refractivity contribution < 1.29 is 9.90 Å². The van der Waals surface area contributed by atoms with E-state index < -0.39 is 0 Å². The average molecular weight is 369 g/mol. The summed E-state index contributed by atoms with van der Waals surface area (Å²) in [6.07, 6.45) is 1.87.